The highest BCUT2D eigenvalue weighted by atomic mass is 32.1. The number of hydrogen-bond acceptors (Lipinski definition) is 8. The summed E-state index contributed by atoms with van der Waals surface area (Å²) in [4.78, 5) is 12.2. The highest BCUT2D eigenvalue weighted by Gasteiger charge is 2.22. The summed E-state index contributed by atoms with van der Waals surface area (Å²) in [7, 11) is 1.44. The third-order valence-electron chi connectivity index (χ3n) is 4.17. The van der Waals surface area contributed by atoms with Crippen LogP contribution in [0.2, 0.25) is 0 Å². The van der Waals surface area contributed by atoms with Crippen LogP contribution in [0.1, 0.15) is 36.0 Å². The van der Waals surface area contributed by atoms with E-state index in [0.717, 1.165) is 17.7 Å². The topological polar surface area (TPSA) is 108 Å². The Kier molecular flexibility index (Phi) is 7.31. The molecule has 0 atom stereocenters. The molecule has 3 aromatic rings. The highest BCUT2D eigenvalue weighted by molar-refractivity contribution is 7.71. The van der Waals surface area contributed by atoms with E-state index >= 15 is 0 Å². The normalized spacial score (nSPS) is 11.1. The smallest absolute Gasteiger partial charge is 0.315 e. The van der Waals surface area contributed by atoms with Crippen LogP contribution in [0, 0.1) is 14.9 Å². The third kappa shape index (κ3) is 5.10. The minimum atomic E-state index is -0.493. The van der Waals surface area contributed by atoms with E-state index in [2.05, 4.69) is 15.3 Å². The van der Waals surface area contributed by atoms with Crippen LogP contribution in [0.4, 0.5) is 5.69 Å². The van der Waals surface area contributed by atoms with Crippen molar-refractivity contribution in [1.29, 1.82) is 0 Å². The summed E-state index contributed by atoms with van der Waals surface area (Å²) in [5.41, 5.74) is 0.299. The fourth-order valence-corrected chi connectivity index (χ4v) is 3.58. The summed E-state index contributed by atoms with van der Waals surface area (Å²) in [5, 5.41) is 24.9. The first-order valence-corrected chi connectivity index (χ1v) is 10.5. The molecule has 0 radical (unpaired) electrons. The van der Waals surface area contributed by atoms with Crippen molar-refractivity contribution < 1.29 is 14.4 Å². The first kappa shape index (κ1) is 21.7. The van der Waals surface area contributed by atoms with Crippen molar-refractivity contribution in [3.05, 3.63) is 60.8 Å². The van der Waals surface area contributed by atoms with E-state index in [-0.39, 0.29) is 17.2 Å². The number of nitro groups is 1. The predicted octanol–water partition coefficient (Wildman–Crippen LogP) is 4.57. The summed E-state index contributed by atoms with van der Waals surface area (Å²) < 4.78 is 12.8. The average Bonchev–Trinajstić information content (AvgIpc) is 3.37. The van der Waals surface area contributed by atoms with Crippen LogP contribution in [0.5, 0.6) is 11.5 Å². The number of unbranched alkanes of at least 4 members (excludes halogenated alkanes) is 1. The number of nitro benzene ring substituents is 1. The number of aromatic nitrogens is 3. The molecule has 11 heteroatoms. The van der Waals surface area contributed by atoms with Gasteiger partial charge in [0.1, 0.15) is 0 Å². The number of H-pyrrole nitrogens is 1. The summed E-state index contributed by atoms with van der Waals surface area (Å²) in [6.45, 7) is 2.39. The second kappa shape index (κ2) is 10.1. The first-order chi connectivity index (χ1) is 14.5. The Labute approximate surface area is 182 Å². The van der Waals surface area contributed by atoms with Crippen molar-refractivity contribution >= 4 is 35.5 Å². The van der Waals surface area contributed by atoms with Gasteiger partial charge in [-0.1, -0.05) is 19.4 Å². The molecular formula is C19H21N5O4S2. The van der Waals surface area contributed by atoms with Crippen LogP contribution in [0.3, 0.4) is 0 Å². The summed E-state index contributed by atoms with van der Waals surface area (Å²) in [6, 6.07) is 7.00. The molecule has 0 spiro atoms. The Hall–Kier alpha value is -3.05. The molecule has 0 unspecified atom stereocenters. The van der Waals surface area contributed by atoms with Gasteiger partial charge in [-0.25, -0.2) is 0 Å². The van der Waals surface area contributed by atoms with Crippen molar-refractivity contribution in [2.24, 2.45) is 5.10 Å². The van der Waals surface area contributed by atoms with Gasteiger partial charge in [-0.15, -0.1) is 11.3 Å². The fraction of sp³-hybridized carbons (Fsp3) is 0.316. The quantitative estimate of drug-likeness (QED) is 0.160. The molecule has 158 valence electrons. The van der Waals surface area contributed by atoms with Gasteiger partial charge < -0.3 is 9.47 Å². The van der Waals surface area contributed by atoms with Gasteiger partial charge in [0.2, 0.25) is 10.5 Å². The molecular weight excluding hydrogens is 426 g/mol. The zero-order valence-electron chi connectivity index (χ0n) is 16.5. The molecule has 1 aromatic carbocycles. The van der Waals surface area contributed by atoms with E-state index in [0.29, 0.717) is 29.2 Å². The second-order valence-electron chi connectivity index (χ2n) is 6.29. The van der Waals surface area contributed by atoms with Crippen molar-refractivity contribution in [2.75, 3.05) is 13.7 Å². The number of aromatic amines is 1. The Morgan fingerprint density at radius 2 is 2.30 bits per heavy atom. The molecule has 0 bridgehead atoms. The van der Waals surface area contributed by atoms with Crippen molar-refractivity contribution in [2.45, 2.75) is 26.2 Å². The molecule has 2 heterocycles. The fourth-order valence-electron chi connectivity index (χ4n) is 2.68. The lowest BCUT2D eigenvalue weighted by atomic mass is 10.2. The van der Waals surface area contributed by atoms with Gasteiger partial charge in [-0.3, -0.25) is 15.2 Å². The van der Waals surface area contributed by atoms with Crippen LogP contribution < -0.4 is 9.47 Å². The summed E-state index contributed by atoms with van der Waals surface area (Å²) in [5.74, 6) is 1.03. The summed E-state index contributed by atoms with van der Waals surface area (Å²) in [6.07, 6.45) is 3.75. The van der Waals surface area contributed by atoms with E-state index in [4.69, 9.17) is 21.7 Å². The minimum Gasteiger partial charge on any atom is -0.493 e. The minimum absolute atomic E-state index is 0.117. The maximum atomic E-state index is 11.6. The van der Waals surface area contributed by atoms with Gasteiger partial charge in [0.15, 0.2) is 11.6 Å². The van der Waals surface area contributed by atoms with Crippen LogP contribution in [0.15, 0.2) is 34.7 Å². The molecule has 0 aliphatic rings. The molecule has 9 nitrogen and oxygen atoms in total. The van der Waals surface area contributed by atoms with Gasteiger partial charge >= 0.3 is 5.69 Å². The third-order valence-corrected chi connectivity index (χ3v) is 5.31. The number of benzene rings is 1. The Morgan fingerprint density at radius 1 is 1.47 bits per heavy atom. The monoisotopic (exact) mass is 447 g/mol. The Bertz CT molecular complexity index is 1090. The second-order valence-corrected chi connectivity index (χ2v) is 7.71. The van der Waals surface area contributed by atoms with Crippen molar-refractivity contribution in [3.8, 4) is 11.5 Å². The molecule has 0 aliphatic heterocycles. The number of nitrogens with one attached hydrogen (secondary N) is 1. The summed E-state index contributed by atoms with van der Waals surface area (Å²) >= 11 is 6.87. The molecule has 0 saturated carbocycles. The molecule has 0 amide bonds. The molecule has 0 aliphatic carbocycles. The Balaban J connectivity index is 1.92. The molecule has 2 aromatic heterocycles. The van der Waals surface area contributed by atoms with E-state index < -0.39 is 4.92 Å². The zero-order chi connectivity index (χ0) is 21.5. The van der Waals surface area contributed by atoms with Crippen LogP contribution in [-0.4, -0.2) is 39.7 Å². The zero-order valence-corrected chi connectivity index (χ0v) is 18.2. The molecule has 30 heavy (non-hydrogen) atoms. The van der Waals surface area contributed by atoms with Gasteiger partial charge in [-0.05, 0) is 36.2 Å². The number of rotatable bonds is 10. The average molecular weight is 448 g/mol. The number of thiophene rings is 1. The molecule has 3 rings (SSSR count). The maximum Gasteiger partial charge on any atom is 0.315 e. The number of ether oxygens (including phenoxy) is 2. The molecule has 0 fully saturated rings. The van der Waals surface area contributed by atoms with Crippen molar-refractivity contribution in [3.63, 3.8) is 0 Å². The van der Waals surface area contributed by atoms with E-state index in [9.17, 15) is 10.1 Å². The number of methoxy groups -OCH3 is 1. The highest BCUT2D eigenvalue weighted by Crippen LogP contribution is 2.38. The Morgan fingerprint density at radius 3 is 2.97 bits per heavy atom. The van der Waals surface area contributed by atoms with E-state index in [1.54, 1.807) is 17.4 Å². The van der Waals surface area contributed by atoms with E-state index in [1.165, 1.54) is 24.1 Å². The number of hydrogen-bond donors (Lipinski definition) is 1. The lowest BCUT2D eigenvalue weighted by Gasteiger charge is -2.11. The van der Waals surface area contributed by atoms with Gasteiger partial charge in [0.25, 0.3) is 0 Å². The van der Waals surface area contributed by atoms with Crippen molar-refractivity contribution in [1.82, 2.24) is 14.9 Å². The van der Waals surface area contributed by atoms with Gasteiger partial charge in [0, 0.05) is 22.9 Å². The lowest BCUT2D eigenvalue weighted by Crippen LogP contribution is -2.04. The number of nitrogens with zero attached hydrogens (tertiary/aromatic N) is 4. The van der Waals surface area contributed by atoms with E-state index in [1.807, 2.05) is 24.4 Å². The van der Waals surface area contributed by atoms with Crippen LogP contribution >= 0.6 is 23.6 Å². The molecule has 1 N–H and O–H groups in total. The van der Waals surface area contributed by atoms with Crippen LogP contribution in [-0.2, 0) is 6.42 Å². The molecule has 0 saturated heterocycles. The largest absolute Gasteiger partial charge is 0.493 e. The predicted molar refractivity (Wildman–Crippen MR) is 118 cm³/mol. The first-order valence-electron chi connectivity index (χ1n) is 9.25. The van der Waals surface area contributed by atoms with Gasteiger partial charge in [-0.2, -0.15) is 14.9 Å². The lowest BCUT2D eigenvalue weighted by molar-refractivity contribution is -0.386. The van der Waals surface area contributed by atoms with Gasteiger partial charge in [0.05, 0.1) is 24.9 Å². The standard InChI is InChI=1S/C19H21N5O4S2/c1-3-4-7-28-18-15(24(25)26)9-13(10-16(18)27-2)12-20-23-17(21-22-19(23)29)11-14-6-5-8-30-14/h5-6,8-10,12H,3-4,7,11H2,1-2H3,(H,22,29)/b20-12-. The van der Waals surface area contributed by atoms with Crippen LogP contribution in [0.25, 0.3) is 0 Å². The maximum absolute atomic E-state index is 11.6. The SMILES string of the molecule is CCCCOc1c(OC)cc(/C=N\n2c(Cc3cccs3)n[nH]c2=S)cc1[N+](=O)[O-].